The van der Waals surface area contributed by atoms with Crippen molar-refractivity contribution in [2.24, 2.45) is 10.9 Å². The fraction of sp³-hybridized carbons (Fsp3) is 0.200. The van der Waals surface area contributed by atoms with Crippen LogP contribution in [0, 0.1) is 12.7 Å². The highest BCUT2D eigenvalue weighted by Crippen LogP contribution is 2.13. The molecular weight excluding hydrogens is 213 g/mol. The first-order valence-electron chi connectivity index (χ1n) is 4.55. The SMILES string of the molecule is Cc1cc(NC(=O)CC(N)=NO)ccc1F. The number of anilines is 1. The number of nitrogens with one attached hydrogen (secondary N) is 1. The number of nitrogens with zero attached hydrogens (tertiary/aromatic N) is 1. The Morgan fingerprint density at radius 2 is 2.31 bits per heavy atom. The van der Waals surface area contributed by atoms with Crippen LogP contribution in [0.5, 0.6) is 0 Å². The minimum absolute atomic E-state index is 0.184. The zero-order valence-electron chi connectivity index (χ0n) is 8.70. The van der Waals surface area contributed by atoms with Gasteiger partial charge in [-0.2, -0.15) is 0 Å². The van der Waals surface area contributed by atoms with Gasteiger partial charge >= 0.3 is 0 Å². The molecule has 4 N–H and O–H groups in total. The average Bonchev–Trinajstić information content (AvgIpc) is 2.23. The molecule has 1 aromatic carbocycles. The predicted octanol–water partition coefficient (Wildman–Crippen LogP) is 1.21. The topological polar surface area (TPSA) is 87.7 Å². The highest BCUT2D eigenvalue weighted by molar-refractivity contribution is 6.04. The van der Waals surface area contributed by atoms with E-state index in [1.165, 1.54) is 18.2 Å². The number of carbonyl (C=O) groups is 1. The van der Waals surface area contributed by atoms with Gasteiger partial charge in [-0.15, -0.1) is 0 Å². The van der Waals surface area contributed by atoms with Crippen molar-refractivity contribution in [2.45, 2.75) is 13.3 Å². The van der Waals surface area contributed by atoms with E-state index in [2.05, 4.69) is 10.5 Å². The second-order valence-corrected chi connectivity index (χ2v) is 3.28. The summed E-state index contributed by atoms with van der Waals surface area (Å²) in [5, 5.41) is 13.4. The van der Waals surface area contributed by atoms with Crippen molar-refractivity contribution >= 4 is 17.4 Å². The Kier molecular flexibility index (Phi) is 3.82. The second kappa shape index (κ2) is 5.11. The Labute approximate surface area is 91.8 Å². The molecule has 1 rings (SSSR count). The largest absolute Gasteiger partial charge is 0.409 e. The fourth-order valence-corrected chi connectivity index (χ4v) is 1.13. The van der Waals surface area contributed by atoms with Gasteiger partial charge < -0.3 is 16.3 Å². The molecular formula is C10H12FN3O2. The molecule has 0 atom stereocenters. The van der Waals surface area contributed by atoms with Crippen LogP contribution in [0.4, 0.5) is 10.1 Å². The lowest BCUT2D eigenvalue weighted by atomic mass is 10.2. The van der Waals surface area contributed by atoms with Gasteiger partial charge in [-0.25, -0.2) is 4.39 Å². The number of amides is 1. The van der Waals surface area contributed by atoms with Crippen molar-refractivity contribution in [3.63, 3.8) is 0 Å². The minimum Gasteiger partial charge on any atom is -0.409 e. The first kappa shape index (κ1) is 12.0. The molecule has 16 heavy (non-hydrogen) atoms. The molecule has 1 amide bonds. The molecule has 0 aromatic heterocycles. The first-order chi connectivity index (χ1) is 7.52. The van der Waals surface area contributed by atoms with Gasteiger partial charge in [-0.1, -0.05) is 5.16 Å². The van der Waals surface area contributed by atoms with E-state index >= 15 is 0 Å². The number of nitrogens with two attached hydrogens (primary N) is 1. The van der Waals surface area contributed by atoms with Crippen LogP contribution >= 0.6 is 0 Å². The molecule has 5 nitrogen and oxygen atoms in total. The molecule has 0 heterocycles. The molecule has 0 aliphatic rings. The average molecular weight is 225 g/mol. The maximum absolute atomic E-state index is 12.9. The molecule has 0 bridgehead atoms. The normalized spacial score (nSPS) is 11.2. The van der Waals surface area contributed by atoms with Gasteiger partial charge in [0.1, 0.15) is 11.7 Å². The summed E-state index contributed by atoms with van der Waals surface area (Å²) in [4.78, 5) is 11.3. The minimum atomic E-state index is -0.429. The van der Waals surface area contributed by atoms with E-state index in [4.69, 9.17) is 10.9 Å². The van der Waals surface area contributed by atoms with E-state index in [1.54, 1.807) is 6.92 Å². The van der Waals surface area contributed by atoms with Gasteiger partial charge in [0.25, 0.3) is 0 Å². The number of amidine groups is 1. The second-order valence-electron chi connectivity index (χ2n) is 3.28. The maximum atomic E-state index is 12.9. The zero-order valence-corrected chi connectivity index (χ0v) is 8.70. The predicted molar refractivity (Wildman–Crippen MR) is 57.8 cm³/mol. The van der Waals surface area contributed by atoms with Gasteiger partial charge in [0, 0.05) is 5.69 Å². The number of hydrogen-bond donors (Lipinski definition) is 3. The third-order valence-electron chi connectivity index (χ3n) is 1.91. The van der Waals surface area contributed by atoms with E-state index in [0.717, 1.165) is 0 Å². The maximum Gasteiger partial charge on any atom is 0.232 e. The van der Waals surface area contributed by atoms with Crippen molar-refractivity contribution in [1.29, 1.82) is 0 Å². The highest BCUT2D eigenvalue weighted by atomic mass is 19.1. The Morgan fingerprint density at radius 1 is 1.62 bits per heavy atom. The van der Waals surface area contributed by atoms with Gasteiger partial charge in [0.2, 0.25) is 5.91 Å². The van der Waals surface area contributed by atoms with E-state index in [1.807, 2.05) is 0 Å². The lowest BCUT2D eigenvalue weighted by Gasteiger charge is -2.05. The zero-order chi connectivity index (χ0) is 12.1. The van der Waals surface area contributed by atoms with Crippen LogP contribution in [-0.4, -0.2) is 17.0 Å². The van der Waals surface area contributed by atoms with E-state index in [-0.39, 0.29) is 18.1 Å². The van der Waals surface area contributed by atoms with Crippen LogP contribution in [0.15, 0.2) is 23.4 Å². The quantitative estimate of drug-likeness (QED) is 0.312. The number of rotatable bonds is 3. The molecule has 0 unspecified atom stereocenters. The van der Waals surface area contributed by atoms with Crippen LogP contribution < -0.4 is 11.1 Å². The smallest absolute Gasteiger partial charge is 0.232 e. The first-order valence-corrected chi connectivity index (χ1v) is 4.55. The van der Waals surface area contributed by atoms with Crippen molar-refractivity contribution in [3.05, 3.63) is 29.6 Å². The Morgan fingerprint density at radius 3 is 2.88 bits per heavy atom. The number of hydrogen-bond acceptors (Lipinski definition) is 3. The Balaban J connectivity index is 2.66. The molecule has 0 fully saturated rings. The lowest BCUT2D eigenvalue weighted by molar-refractivity contribution is -0.115. The van der Waals surface area contributed by atoms with Crippen LogP contribution in [0.2, 0.25) is 0 Å². The lowest BCUT2D eigenvalue weighted by Crippen LogP contribution is -2.22. The van der Waals surface area contributed by atoms with Crippen LogP contribution in [0.25, 0.3) is 0 Å². The molecule has 0 saturated heterocycles. The highest BCUT2D eigenvalue weighted by Gasteiger charge is 2.06. The van der Waals surface area contributed by atoms with Crippen molar-refractivity contribution in [3.8, 4) is 0 Å². The standard InChI is InChI=1S/C10H12FN3O2/c1-6-4-7(2-3-8(6)11)13-10(15)5-9(12)14-16/h2-4,16H,5H2,1H3,(H2,12,14)(H,13,15). The van der Waals surface area contributed by atoms with E-state index in [9.17, 15) is 9.18 Å². The third-order valence-corrected chi connectivity index (χ3v) is 1.91. The summed E-state index contributed by atoms with van der Waals surface area (Å²) >= 11 is 0. The molecule has 86 valence electrons. The number of benzene rings is 1. The van der Waals surface area contributed by atoms with Gasteiger partial charge in [0.15, 0.2) is 0 Å². The van der Waals surface area contributed by atoms with Crippen molar-refractivity contribution in [1.82, 2.24) is 0 Å². The summed E-state index contributed by atoms with van der Waals surface area (Å²) in [5.74, 6) is -0.952. The summed E-state index contributed by atoms with van der Waals surface area (Å²) in [5.41, 5.74) is 6.06. The monoisotopic (exact) mass is 225 g/mol. The number of oxime groups is 1. The fourth-order valence-electron chi connectivity index (χ4n) is 1.13. The van der Waals surface area contributed by atoms with Crippen LogP contribution in [0.3, 0.4) is 0 Å². The summed E-state index contributed by atoms with van der Waals surface area (Å²) in [6.07, 6.45) is -0.215. The third kappa shape index (κ3) is 3.23. The van der Waals surface area contributed by atoms with Gasteiger partial charge in [-0.05, 0) is 30.7 Å². The summed E-state index contributed by atoms with van der Waals surface area (Å²) in [6.45, 7) is 1.59. The molecule has 1 aromatic rings. The van der Waals surface area contributed by atoms with Crippen molar-refractivity contribution in [2.75, 3.05) is 5.32 Å². The number of aryl methyl sites for hydroxylation is 1. The number of halogens is 1. The molecule has 0 aliphatic carbocycles. The van der Waals surface area contributed by atoms with Crippen LogP contribution in [-0.2, 0) is 4.79 Å². The number of carbonyl (C=O) groups excluding carboxylic acids is 1. The summed E-state index contributed by atoms with van der Waals surface area (Å²) in [6, 6.07) is 4.19. The summed E-state index contributed by atoms with van der Waals surface area (Å²) < 4.78 is 12.9. The van der Waals surface area contributed by atoms with E-state index in [0.29, 0.717) is 11.3 Å². The summed E-state index contributed by atoms with van der Waals surface area (Å²) in [7, 11) is 0. The molecule has 6 heteroatoms. The molecule has 0 saturated carbocycles. The molecule has 0 aliphatic heterocycles. The molecule has 0 spiro atoms. The Bertz CT molecular complexity index is 432. The van der Waals surface area contributed by atoms with Crippen LogP contribution in [0.1, 0.15) is 12.0 Å². The van der Waals surface area contributed by atoms with E-state index < -0.39 is 5.91 Å². The van der Waals surface area contributed by atoms with Gasteiger partial charge in [-0.3, -0.25) is 4.79 Å². The Hall–Kier alpha value is -2.11. The molecule has 0 radical (unpaired) electrons. The van der Waals surface area contributed by atoms with Crippen molar-refractivity contribution < 1.29 is 14.4 Å². The van der Waals surface area contributed by atoms with Gasteiger partial charge in [0.05, 0.1) is 6.42 Å².